The van der Waals surface area contributed by atoms with Crippen LogP contribution < -0.4 is 5.56 Å². The molecule has 0 saturated carbocycles. The number of fused-ring (bicyclic) bond motifs is 3. The fourth-order valence-electron chi connectivity index (χ4n) is 3.98. The molecule has 168 valence electrons. The Hall–Kier alpha value is -2.71. The maximum absolute atomic E-state index is 13.1. The van der Waals surface area contributed by atoms with Gasteiger partial charge in [0, 0.05) is 29.4 Å². The number of rotatable bonds is 7. The molecule has 2 heterocycles. The molecular weight excluding hydrogens is 450 g/mol. The number of methoxy groups -OCH3 is 1. The van der Waals surface area contributed by atoms with Crippen molar-refractivity contribution >= 4 is 45.0 Å². The number of nitrogens with zero attached hydrogens (tertiary/aromatic N) is 3. The zero-order valence-electron chi connectivity index (χ0n) is 17.8. The van der Waals surface area contributed by atoms with Gasteiger partial charge in [0.1, 0.15) is 11.4 Å². The second-order valence-corrected chi connectivity index (χ2v) is 9.36. The molecule has 0 saturated heterocycles. The van der Waals surface area contributed by atoms with E-state index in [1.807, 2.05) is 12.1 Å². The maximum Gasteiger partial charge on any atom is 0.325 e. The van der Waals surface area contributed by atoms with Crippen LogP contribution in [0.3, 0.4) is 0 Å². The van der Waals surface area contributed by atoms with Crippen molar-refractivity contribution in [2.24, 2.45) is 0 Å². The number of amides is 1. The number of hydrogen-bond donors (Lipinski definition) is 0. The molecule has 4 rings (SSSR count). The van der Waals surface area contributed by atoms with Gasteiger partial charge in [0.15, 0.2) is 0 Å². The van der Waals surface area contributed by atoms with Gasteiger partial charge >= 0.3 is 5.97 Å². The van der Waals surface area contributed by atoms with Gasteiger partial charge < -0.3 is 9.64 Å². The number of hydrogen-bond acceptors (Lipinski definition) is 6. The second-order valence-electron chi connectivity index (χ2n) is 7.84. The monoisotopic (exact) mass is 473 g/mol. The topological polar surface area (TPSA) is 81.5 Å². The quantitative estimate of drug-likeness (QED) is 0.490. The fourth-order valence-corrected chi connectivity index (χ4v) is 5.32. The number of carbonyl (C=O) groups is 2. The van der Waals surface area contributed by atoms with Crippen molar-refractivity contribution in [3.8, 4) is 0 Å². The molecule has 0 N–H and O–H groups in total. The number of aryl methyl sites for hydroxylation is 3. The standard InChI is InChI=1S/C23H24ClN3O4S/c1-31-20(29)13-27(12-15-6-8-16(24)9-7-15)19(28)10-11-26-14-25-22-21(23(26)30)17-4-2-3-5-18(17)32-22/h6-9,14H,2-5,10-13H2,1H3. The van der Waals surface area contributed by atoms with E-state index in [1.165, 1.54) is 27.8 Å². The van der Waals surface area contributed by atoms with Crippen molar-refractivity contribution in [1.29, 1.82) is 0 Å². The number of halogens is 1. The third kappa shape index (κ3) is 4.86. The molecule has 0 aliphatic heterocycles. The van der Waals surface area contributed by atoms with Crippen LogP contribution in [0.15, 0.2) is 35.4 Å². The minimum absolute atomic E-state index is 0.0734. The van der Waals surface area contributed by atoms with Crippen molar-refractivity contribution in [3.05, 3.63) is 62.0 Å². The van der Waals surface area contributed by atoms with E-state index in [1.54, 1.807) is 23.5 Å². The number of esters is 1. The van der Waals surface area contributed by atoms with E-state index in [2.05, 4.69) is 4.98 Å². The highest BCUT2D eigenvalue weighted by Gasteiger charge is 2.21. The molecule has 0 atom stereocenters. The summed E-state index contributed by atoms with van der Waals surface area (Å²) in [6, 6.07) is 7.09. The molecule has 0 radical (unpaired) electrons. The van der Waals surface area contributed by atoms with Crippen LogP contribution in [0.1, 0.15) is 35.3 Å². The molecule has 1 aliphatic carbocycles. The zero-order valence-corrected chi connectivity index (χ0v) is 19.4. The first-order chi connectivity index (χ1) is 15.5. The molecule has 3 aromatic rings. The van der Waals surface area contributed by atoms with E-state index in [4.69, 9.17) is 16.3 Å². The van der Waals surface area contributed by atoms with Gasteiger partial charge in [-0.05, 0) is 48.9 Å². The molecule has 7 nitrogen and oxygen atoms in total. The van der Waals surface area contributed by atoms with Gasteiger partial charge in [-0.25, -0.2) is 4.98 Å². The number of ether oxygens (including phenoxy) is 1. The van der Waals surface area contributed by atoms with Gasteiger partial charge in [0.25, 0.3) is 5.56 Å². The Morgan fingerprint density at radius 3 is 2.72 bits per heavy atom. The highest BCUT2D eigenvalue weighted by Crippen LogP contribution is 2.33. The Labute approximate surface area is 194 Å². The van der Waals surface area contributed by atoms with E-state index in [-0.39, 0.29) is 37.5 Å². The molecule has 1 amide bonds. The molecule has 32 heavy (non-hydrogen) atoms. The Balaban J connectivity index is 1.51. The molecule has 1 aliphatic rings. The lowest BCUT2D eigenvalue weighted by Crippen LogP contribution is -2.36. The average molecular weight is 474 g/mol. The van der Waals surface area contributed by atoms with Crippen LogP contribution in [0.25, 0.3) is 10.2 Å². The van der Waals surface area contributed by atoms with E-state index < -0.39 is 5.97 Å². The summed E-state index contributed by atoms with van der Waals surface area (Å²) < 4.78 is 6.24. The largest absolute Gasteiger partial charge is 0.468 e. The highest BCUT2D eigenvalue weighted by molar-refractivity contribution is 7.18. The lowest BCUT2D eigenvalue weighted by molar-refractivity contribution is -0.147. The SMILES string of the molecule is COC(=O)CN(Cc1ccc(Cl)cc1)C(=O)CCn1cnc2sc3c(c2c1=O)CCCC3. The van der Waals surface area contributed by atoms with E-state index in [9.17, 15) is 14.4 Å². The number of carbonyl (C=O) groups excluding carboxylic acids is 2. The van der Waals surface area contributed by atoms with E-state index >= 15 is 0 Å². The van der Waals surface area contributed by atoms with E-state index in [0.29, 0.717) is 10.4 Å². The van der Waals surface area contributed by atoms with Gasteiger partial charge in [-0.3, -0.25) is 19.0 Å². The number of aromatic nitrogens is 2. The van der Waals surface area contributed by atoms with Crippen LogP contribution in [0.4, 0.5) is 0 Å². The summed E-state index contributed by atoms with van der Waals surface area (Å²) in [5, 5.41) is 1.30. The van der Waals surface area contributed by atoms with Gasteiger partial charge in [0.05, 0.1) is 18.8 Å². The minimum atomic E-state index is -0.502. The summed E-state index contributed by atoms with van der Waals surface area (Å²) in [5.74, 6) is -0.748. The maximum atomic E-state index is 13.1. The number of benzene rings is 1. The first-order valence-electron chi connectivity index (χ1n) is 10.5. The Bertz CT molecular complexity index is 1200. The highest BCUT2D eigenvalue weighted by atomic mass is 35.5. The average Bonchev–Trinajstić information content (AvgIpc) is 3.18. The Morgan fingerprint density at radius 1 is 1.22 bits per heavy atom. The molecular formula is C23H24ClN3O4S. The summed E-state index contributed by atoms with van der Waals surface area (Å²) in [5.41, 5.74) is 1.88. The first-order valence-corrected chi connectivity index (χ1v) is 11.7. The van der Waals surface area contributed by atoms with Crippen LogP contribution in [-0.2, 0) is 40.3 Å². The van der Waals surface area contributed by atoms with Crippen LogP contribution >= 0.6 is 22.9 Å². The molecule has 0 spiro atoms. The van der Waals surface area contributed by atoms with Crippen molar-refractivity contribution in [1.82, 2.24) is 14.5 Å². The second kappa shape index (κ2) is 9.83. The van der Waals surface area contributed by atoms with Gasteiger partial charge in [-0.2, -0.15) is 0 Å². The van der Waals surface area contributed by atoms with Crippen molar-refractivity contribution in [2.45, 2.75) is 45.2 Å². The summed E-state index contributed by atoms with van der Waals surface area (Å²) in [6.07, 6.45) is 5.73. The normalized spacial score (nSPS) is 13.1. The number of thiophene rings is 1. The molecule has 0 bridgehead atoms. The smallest absolute Gasteiger partial charge is 0.325 e. The van der Waals surface area contributed by atoms with Crippen molar-refractivity contribution in [3.63, 3.8) is 0 Å². The summed E-state index contributed by atoms with van der Waals surface area (Å²) in [4.78, 5) is 45.9. The Morgan fingerprint density at radius 2 is 1.97 bits per heavy atom. The minimum Gasteiger partial charge on any atom is -0.468 e. The van der Waals surface area contributed by atoms with Gasteiger partial charge in [-0.1, -0.05) is 23.7 Å². The third-order valence-corrected chi connectivity index (χ3v) is 7.15. The molecule has 2 aromatic heterocycles. The first kappa shape index (κ1) is 22.5. The van der Waals surface area contributed by atoms with Crippen LogP contribution in [-0.4, -0.2) is 40.0 Å². The third-order valence-electron chi connectivity index (χ3n) is 5.70. The fraction of sp³-hybridized carbons (Fsp3) is 0.391. The lowest BCUT2D eigenvalue weighted by Gasteiger charge is -2.22. The Kier molecular flexibility index (Phi) is 6.91. The van der Waals surface area contributed by atoms with Gasteiger partial charge in [0.2, 0.25) is 5.91 Å². The molecule has 1 aromatic carbocycles. The van der Waals surface area contributed by atoms with Crippen LogP contribution in [0.2, 0.25) is 5.02 Å². The lowest BCUT2D eigenvalue weighted by atomic mass is 9.97. The van der Waals surface area contributed by atoms with Gasteiger partial charge in [-0.15, -0.1) is 11.3 Å². The summed E-state index contributed by atoms with van der Waals surface area (Å²) in [6.45, 7) is 0.279. The van der Waals surface area contributed by atoms with Crippen molar-refractivity contribution < 1.29 is 14.3 Å². The van der Waals surface area contributed by atoms with Crippen LogP contribution in [0, 0.1) is 0 Å². The predicted molar refractivity (Wildman–Crippen MR) is 124 cm³/mol. The predicted octanol–water partition coefficient (Wildman–Crippen LogP) is 3.58. The summed E-state index contributed by atoms with van der Waals surface area (Å²) >= 11 is 7.54. The molecule has 0 unspecified atom stereocenters. The van der Waals surface area contributed by atoms with Crippen LogP contribution in [0.5, 0.6) is 0 Å². The zero-order chi connectivity index (χ0) is 22.7. The molecule has 0 fully saturated rings. The van der Waals surface area contributed by atoms with E-state index in [0.717, 1.165) is 41.6 Å². The summed E-state index contributed by atoms with van der Waals surface area (Å²) in [7, 11) is 1.29. The molecule has 9 heteroatoms. The van der Waals surface area contributed by atoms with Crippen molar-refractivity contribution in [2.75, 3.05) is 13.7 Å².